The molecule has 0 bridgehead atoms. The third-order valence-corrected chi connectivity index (χ3v) is 2.09. The second-order valence-corrected chi connectivity index (χ2v) is 4.20. The largest absolute Gasteiger partial charge is 0.469 e. The predicted molar refractivity (Wildman–Crippen MR) is 54.7 cm³/mol. The highest BCUT2D eigenvalue weighted by Gasteiger charge is 2.18. The van der Waals surface area contributed by atoms with Crippen molar-refractivity contribution in [1.82, 2.24) is 5.32 Å². The second kappa shape index (κ2) is 4.47. The molecular weight excluding hydrogens is 162 g/mol. The second-order valence-electron chi connectivity index (χ2n) is 4.20. The zero-order chi connectivity index (χ0) is 9.73. The monoisotopic (exact) mass is 181 g/mol. The van der Waals surface area contributed by atoms with Gasteiger partial charge in [0.25, 0.3) is 0 Å². The van der Waals surface area contributed by atoms with Gasteiger partial charge in [0.15, 0.2) is 0 Å². The molecule has 74 valence electrons. The van der Waals surface area contributed by atoms with E-state index in [1.807, 2.05) is 12.1 Å². The number of hydrogen-bond acceptors (Lipinski definition) is 2. The average Bonchev–Trinajstić information content (AvgIpc) is 2.52. The number of furan rings is 1. The Balaban J connectivity index is 2.42. The van der Waals surface area contributed by atoms with Gasteiger partial charge in [0.05, 0.1) is 6.26 Å². The molecule has 0 saturated carbocycles. The molecule has 1 aromatic rings. The fourth-order valence-corrected chi connectivity index (χ4v) is 1.41. The standard InChI is InChI=1S/C11H19NO/c1-4-12-9-11(2,3)8-10-6-5-7-13-10/h5-7,12H,4,8-9H2,1-3H3. The van der Waals surface area contributed by atoms with Crippen molar-refractivity contribution >= 4 is 0 Å². The van der Waals surface area contributed by atoms with E-state index in [-0.39, 0.29) is 5.41 Å². The van der Waals surface area contributed by atoms with E-state index in [4.69, 9.17) is 4.42 Å². The van der Waals surface area contributed by atoms with Crippen LogP contribution in [0.2, 0.25) is 0 Å². The summed E-state index contributed by atoms with van der Waals surface area (Å²) in [6, 6.07) is 3.98. The van der Waals surface area contributed by atoms with Gasteiger partial charge in [0, 0.05) is 13.0 Å². The zero-order valence-electron chi connectivity index (χ0n) is 8.76. The minimum Gasteiger partial charge on any atom is -0.469 e. The maximum Gasteiger partial charge on any atom is 0.104 e. The van der Waals surface area contributed by atoms with Crippen molar-refractivity contribution in [1.29, 1.82) is 0 Å². The van der Waals surface area contributed by atoms with Crippen LogP contribution in [0, 0.1) is 5.41 Å². The molecule has 1 rings (SSSR count). The summed E-state index contributed by atoms with van der Waals surface area (Å²) in [5, 5.41) is 3.36. The number of rotatable bonds is 5. The molecule has 0 aromatic carbocycles. The Morgan fingerprint density at radius 2 is 2.23 bits per heavy atom. The summed E-state index contributed by atoms with van der Waals surface area (Å²) in [5.41, 5.74) is 0.272. The van der Waals surface area contributed by atoms with Crippen molar-refractivity contribution in [3.8, 4) is 0 Å². The van der Waals surface area contributed by atoms with Gasteiger partial charge >= 0.3 is 0 Å². The lowest BCUT2D eigenvalue weighted by Gasteiger charge is -2.23. The summed E-state index contributed by atoms with van der Waals surface area (Å²) in [5.74, 6) is 1.07. The lowest BCUT2D eigenvalue weighted by atomic mass is 9.88. The minimum absolute atomic E-state index is 0.272. The highest BCUT2D eigenvalue weighted by atomic mass is 16.3. The Labute approximate surface area is 80.3 Å². The molecule has 2 heteroatoms. The predicted octanol–water partition coefficient (Wildman–Crippen LogP) is 2.46. The lowest BCUT2D eigenvalue weighted by Crippen LogP contribution is -2.30. The van der Waals surface area contributed by atoms with Crippen molar-refractivity contribution in [2.24, 2.45) is 5.41 Å². The van der Waals surface area contributed by atoms with Gasteiger partial charge in [0.1, 0.15) is 5.76 Å². The Morgan fingerprint density at radius 1 is 1.46 bits per heavy atom. The summed E-state index contributed by atoms with van der Waals surface area (Å²) in [6.07, 6.45) is 2.73. The quantitative estimate of drug-likeness (QED) is 0.754. The molecule has 1 N–H and O–H groups in total. The van der Waals surface area contributed by atoms with Gasteiger partial charge in [-0.2, -0.15) is 0 Å². The summed E-state index contributed by atoms with van der Waals surface area (Å²) in [7, 11) is 0. The van der Waals surface area contributed by atoms with E-state index in [1.54, 1.807) is 6.26 Å². The van der Waals surface area contributed by atoms with Crippen molar-refractivity contribution in [3.05, 3.63) is 24.2 Å². The molecule has 0 aliphatic heterocycles. The van der Waals surface area contributed by atoms with Crippen molar-refractivity contribution < 1.29 is 4.42 Å². The van der Waals surface area contributed by atoms with Crippen molar-refractivity contribution in [3.63, 3.8) is 0 Å². The molecule has 0 radical (unpaired) electrons. The first-order valence-corrected chi connectivity index (χ1v) is 4.87. The molecule has 0 saturated heterocycles. The molecule has 0 aliphatic carbocycles. The van der Waals surface area contributed by atoms with E-state index < -0.39 is 0 Å². The lowest BCUT2D eigenvalue weighted by molar-refractivity contribution is 0.313. The first-order chi connectivity index (χ1) is 6.14. The van der Waals surface area contributed by atoms with Crippen LogP contribution >= 0.6 is 0 Å². The number of nitrogens with one attached hydrogen (secondary N) is 1. The highest BCUT2D eigenvalue weighted by Crippen LogP contribution is 2.20. The molecule has 0 amide bonds. The topological polar surface area (TPSA) is 25.2 Å². The molecule has 0 unspecified atom stereocenters. The van der Waals surface area contributed by atoms with Crippen LogP contribution in [0.1, 0.15) is 26.5 Å². The Morgan fingerprint density at radius 3 is 2.77 bits per heavy atom. The average molecular weight is 181 g/mol. The molecule has 0 fully saturated rings. The van der Waals surface area contributed by atoms with E-state index in [0.717, 1.165) is 25.3 Å². The SMILES string of the molecule is CCNCC(C)(C)Cc1ccco1. The summed E-state index contributed by atoms with van der Waals surface area (Å²) < 4.78 is 5.32. The van der Waals surface area contributed by atoms with Gasteiger partial charge < -0.3 is 9.73 Å². The smallest absolute Gasteiger partial charge is 0.104 e. The van der Waals surface area contributed by atoms with E-state index in [9.17, 15) is 0 Å². The molecular formula is C11H19NO. The molecule has 0 atom stereocenters. The highest BCUT2D eigenvalue weighted by molar-refractivity contribution is 5.01. The van der Waals surface area contributed by atoms with Gasteiger partial charge in [-0.15, -0.1) is 0 Å². The van der Waals surface area contributed by atoms with Gasteiger partial charge in [-0.1, -0.05) is 20.8 Å². The first kappa shape index (κ1) is 10.3. The summed E-state index contributed by atoms with van der Waals surface area (Å²) in [4.78, 5) is 0. The maximum absolute atomic E-state index is 5.32. The van der Waals surface area contributed by atoms with E-state index in [1.165, 1.54) is 0 Å². The van der Waals surface area contributed by atoms with Crippen molar-refractivity contribution in [2.45, 2.75) is 27.2 Å². The van der Waals surface area contributed by atoms with Crippen LogP contribution in [0.5, 0.6) is 0 Å². The summed E-state index contributed by atoms with van der Waals surface area (Å²) >= 11 is 0. The van der Waals surface area contributed by atoms with E-state index in [0.29, 0.717) is 0 Å². The van der Waals surface area contributed by atoms with Crippen LogP contribution in [-0.2, 0) is 6.42 Å². The Kier molecular flexibility index (Phi) is 3.55. The van der Waals surface area contributed by atoms with Crippen LogP contribution in [-0.4, -0.2) is 13.1 Å². The van der Waals surface area contributed by atoms with Gasteiger partial charge in [-0.3, -0.25) is 0 Å². The van der Waals surface area contributed by atoms with Crippen LogP contribution in [0.3, 0.4) is 0 Å². The minimum atomic E-state index is 0.272. The van der Waals surface area contributed by atoms with E-state index >= 15 is 0 Å². The molecule has 13 heavy (non-hydrogen) atoms. The van der Waals surface area contributed by atoms with Gasteiger partial charge in [-0.05, 0) is 24.1 Å². The number of hydrogen-bond donors (Lipinski definition) is 1. The maximum atomic E-state index is 5.32. The van der Waals surface area contributed by atoms with Gasteiger partial charge in [-0.25, -0.2) is 0 Å². The Hall–Kier alpha value is -0.760. The van der Waals surface area contributed by atoms with E-state index in [2.05, 4.69) is 26.1 Å². The third-order valence-electron chi connectivity index (χ3n) is 2.09. The van der Waals surface area contributed by atoms with Crippen molar-refractivity contribution in [2.75, 3.05) is 13.1 Å². The molecule has 2 nitrogen and oxygen atoms in total. The molecule has 1 aromatic heterocycles. The molecule has 0 aliphatic rings. The van der Waals surface area contributed by atoms with Gasteiger partial charge in [0.2, 0.25) is 0 Å². The zero-order valence-corrected chi connectivity index (χ0v) is 8.76. The van der Waals surface area contributed by atoms with Crippen LogP contribution in [0.4, 0.5) is 0 Å². The first-order valence-electron chi connectivity index (χ1n) is 4.87. The normalized spacial score (nSPS) is 11.9. The van der Waals surface area contributed by atoms with Crippen LogP contribution < -0.4 is 5.32 Å². The fraction of sp³-hybridized carbons (Fsp3) is 0.636. The van der Waals surface area contributed by atoms with Crippen LogP contribution in [0.15, 0.2) is 22.8 Å². The molecule has 0 spiro atoms. The Bertz CT molecular complexity index is 226. The third kappa shape index (κ3) is 3.64. The molecule has 1 heterocycles. The van der Waals surface area contributed by atoms with Crippen LogP contribution in [0.25, 0.3) is 0 Å². The fourth-order valence-electron chi connectivity index (χ4n) is 1.41. The summed E-state index contributed by atoms with van der Waals surface area (Å²) in [6.45, 7) is 8.69.